The van der Waals surface area contributed by atoms with E-state index in [4.69, 9.17) is 37.9 Å². The number of piperidine rings is 1. The molecule has 296 valence electrons. The first-order chi connectivity index (χ1) is 25.0. The van der Waals surface area contributed by atoms with E-state index in [1.807, 2.05) is 13.1 Å². The third kappa shape index (κ3) is 7.63. The molecule has 2 aliphatic heterocycles. The monoisotopic (exact) mass is 759 g/mol. The zero-order valence-electron chi connectivity index (χ0n) is 32.3. The fourth-order valence-corrected chi connectivity index (χ4v) is 7.87. The normalized spacial score (nSPS) is 25.6. The van der Waals surface area contributed by atoms with Crippen LogP contribution in [0.3, 0.4) is 0 Å². The largest absolute Gasteiger partial charge is 0.493 e. The van der Waals surface area contributed by atoms with Crippen molar-refractivity contribution < 1.29 is 71.8 Å². The summed E-state index contributed by atoms with van der Waals surface area (Å²) < 4.78 is 44.5. The Bertz CT molecular complexity index is 1760. The summed E-state index contributed by atoms with van der Waals surface area (Å²) in [5.41, 5.74) is -2.74. The molecule has 54 heavy (non-hydrogen) atoms. The van der Waals surface area contributed by atoms with Crippen LogP contribution in [0.4, 0.5) is 0 Å². The Morgan fingerprint density at radius 3 is 2.09 bits per heavy atom. The van der Waals surface area contributed by atoms with Gasteiger partial charge in [-0.3, -0.25) is 14.4 Å². The second-order valence-electron chi connectivity index (χ2n) is 16.0. The highest BCUT2D eigenvalue weighted by Gasteiger charge is 2.72. The SMILES string of the molecule is COc1ccc2c3c1O[C@H]1C(OC(=O)[C@H](OC(C)=O)[C@@H](OC(C)=O)C(=O)OC(CC(=O)OC(C)(C)C)C(=O)OC(C)(C)C)=CC[C@@]4(O)[C@@H](C2)N(C)CC[C@]314. The lowest BCUT2D eigenvalue weighted by Gasteiger charge is -2.61. The molecule has 0 radical (unpaired) electrons. The maximum Gasteiger partial charge on any atom is 0.357 e. The van der Waals surface area contributed by atoms with Gasteiger partial charge in [0.2, 0.25) is 18.3 Å². The number of carbonyl (C=O) groups excluding carboxylic acids is 6. The van der Waals surface area contributed by atoms with Crippen LogP contribution in [0.15, 0.2) is 24.0 Å². The maximum absolute atomic E-state index is 14.1. The van der Waals surface area contributed by atoms with E-state index in [0.717, 1.165) is 25.0 Å². The van der Waals surface area contributed by atoms with Gasteiger partial charge in [-0.1, -0.05) is 6.07 Å². The van der Waals surface area contributed by atoms with E-state index in [-0.39, 0.29) is 18.2 Å². The van der Waals surface area contributed by atoms with Crippen molar-refractivity contribution >= 4 is 35.8 Å². The van der Waals surface area contributed by atoms with Crippen LogP contribution in [0.2, 0.25) is 0 Å². The van der Waals surface area contributed by atoms with Gasteiger partial charge in [0.1, 0.15) is 17.0 Å². The molecule has 0 saturated carbocycles. The predicted octanol–water partition coefficient (Wildman–Crippen LogP) is 2.36. The number of nitrogens with zero attached hydrogens (tertiary/aromatic N) is 1. The summed E-state index contributed by atoms with van der Waals surface area (Å²) in [6.45, 7) is 11.9. The Labute approximate surface area is 313 Å². The summed E-state index contributed by atoms with van der Waals surface area (Å²) >= 11 is 0. The van der Waals surface area contributed by atoms with Crippen LogP contribution in [-0.4, -0.2) is 114 Å². The minimum atomic E-state index is -2.31. The van der Waals surface area contributed by atoms with Crippen molar-refractivity contribution in [2.75, 3.05) is 20.7 Å². The van der Waals surface area contributed by atoms with E-state index in [1.54, 1.807) is 47.6 Å². The number of esters is 6. The topological polar surface area (TPSA) is 200 Å². The number of aliphatic hydroxyl groups is 1. The highest BCUT2D eigenvalue weighted by molar-refractivity contribution is 5.91. The summed E-state index contributed by atoms with van der Waals surface area (Å²) in [7, 11) is 3.43. The van der Waals surface area contributed by atoms with Gasteiger partial charge in [-0.15, -0.1) is 0 Å². The van der Waals surface area contributed by atoms with Crippen LogP contribution in [-0.2, 0) is 69.0 Å². The molecular weight excluding hydrogens is 710 g/mol. The molecule has 16 heteroatoms. The summed E-state index contributed by atoms with van der Waals surface area (Å²) in [6, 6.07) is 3.41. The lowest BCUT2D eigenvalue weighted by atomic mass is 9.50. The molecule has 1 fully saturated rings. The van der Waals surface area contributed by atoms with E-state index < -0.39 is 88.9 Å². The Balaban J connectivity index is 1.48. The maximum atomic E-state index is 14.1. The van der Waals surface area contributed by atoms with Crippen molar-refractivity contribution in [2.24, 2.45) is 0 Å². The molecule has 0 amide bonds. The summed E-state index contributed by atoms with van der Waals surface area (Å²) in [4.78, 5) is 80.6. The molecule has 16 nitrogen and oxygen atoms in total. The zero-order chi connectivity index (χ0) is 40.1. The Morgan fingerprint density at radius 2 is 1.52 bits per heavy atom. The number of rotatable bonds is 11. The van der Waals surface area contributed by atoms with Crippen LogP contribution < -0.4 is 9.47 Å². The van der Waals surface area contributed by atoms with Crippen LogP contribution in [0.1, 0.15) is 85.8 Å². The second kappa shape index (κ2) is 14.5. The highest BCUT2D eigenvalue weighted by atomic mass is 16.7. The van der Waals surface area contributed by atoms with Gasteiger partial charge in [-0.05, 0) is 85.7 Å². The Morgan fingerprint density at radius 1 is 0.907 bits per heavy atom. The molecule has 1 spiro atoms. The second-order valence-corrected chi connectivity index (χ2v) is 16.0. The third-order valence-corrected chi connectivity index (χ3v) is 9.80. The fraction of sp³-hybridized carbons (Fsp3) is 0.632. The van der Waals surface area contributed by atoms with Crippen LogP contribution in [0.25, 0.3) is 0 Å². The number of likely N-dealkylation sites (tertiary alicyclic amines) is 1. The van der Waals surface area contributed by atoms with Gasteiger partial charge in [0, 0.05) is 31.9 Å². The molecule has 0 aromatic heterocycles. The average molecular weight is 760 g/mol. The first-order valence-corrected chi connectivity index (χ1v) is 17.7. The van der Waals surface area contributed by atoms with Gasteiger partial charge >= 0.3 is 35.8 Å². The predicted molar refractivity (Wildman–Crippen MR) is 185 cm³/mol. The first-order valence-electron chi connectivity index (χ1n) is 17.7. The molecule has 5 rings (SSSR count). The van der Waals surface area contributed by atoms with E-state index in [1.165, 1.54) is 13.2 Å². The first kappa shape index (κ1) is 40.5. The number of methoxy groups -OCH3 is 1. The minimum absolute atomic E-state index is 0.0391. The Hall–Kier alpha value is -4.70. The number of hydrogen-bond acceptors (Lipinski definition) is 16. The minimum Gasteiger partial charge on any atom is -0.493 e. The fourth-order valence-electron chi connectivity index (χ4n) is 7.87. The molecule has 2 aliphatic carbocycles. The summed E-state index contributed by atoms with van der Waals surface area (Å²) in [5, 5.41) is 12.5. The molecule has 1 unspecified atom stereocenters. The summed E-state index contributed by atoms with van der Waals surface area (Å²) in [6.07, 6.45) is -5.81. The van der Waals surface area contributed by atoms with Crippen molar-refractivity contribution in [3.05, 3.63) is 35.1 Å². The number of hydrogen-bond donors (Lipinski definition) is 1. The average Bonchev–Trinajstić information content (AvgIpc) is 3.39. The van der Waals surface area contributed by atoms with Gasteiger partial charge in [0.05, 0.1) is 24.5 Å². The Kier molecular flexibility index (Phi) is 10.9. The zero-order valence-corrected chi connectivity index (χ0v) is 32.3. The van der Waals surface area contributed by atoms with Gasteiger partial charge in [0.15, 0.2) is 17.6 Å². The van der Waals surface area contributed by atoms with Crippen LogP contribution in [0.5, 0.6) is 11.5 Å². The lowest BCUT2D eigenvalue weighted by Crippen LogP contribution is -2.74. The molecule has 7 atom stereocenters. The molecule has 2 bridgehead atoms. The van der Waals surface area contributed by atoms with E-state index in [0.29, 0.717) is 30.9 Å². The quantitative estimate of drug-likeness (QED) is 0.254. The molecule has 4 aliphatic rings. The van der Waals surface area contributed by atoms with Gasteiger partial charge in [0.25, 0.3) is 0 Å². The smallest absolute Gasteiger partial charge is 0.357 e. The molecule has 1 N–H and O–H groups in total. The van der Waals surface area contributed by atoms with Gasteiger partial charge < -0.3 is 47.9 Å². The third-order valence-electron chi connectivity index (χ3n) is 9.80. The highest BCUT2D eigenvalue weighted by Crippen LogP contribution is 2.65. The molecule has 1 saturated heterocycles. The summed E-state index contributed by atoms with van der Waals surface area (Å²) in [5.74, 6) is -6.30. The molecule has 1 aromatic rings. The van der Waals surface area contributed by atoms with E-state index in [9.17, 15) is 33.9 Å². The number of ether oxygens (including phenoxy) is 8. The van der Waals surface area contributed by atoms with Crippen molar-refractivity contribution in [3.63, 3.8) is 0 Å². The number of likely N-dealkylation sites (N-methyl/N-ethyl adjacent to an activating group) is 1. The van der Waals surface area contributed by atoms with Gasteiger partial charge in [-0.2, -0.15) is 0 Å². The van der Waals surface area contributed by atoms with Crippen molar-refractivity contribution in [3.8, 4) is 11.5 Å². The molecule has 1 aromatic carbocycles. The van der Waals surface area contributed by atoms with Crippen LogP contribution >= 0.6 is 0 Å². The number of benzene rings is 1. The standard InChI is InChI=1S/C38H49NO15/c1-19(40)48-29(30(49-20(2)41)34(45)51-24(32(43)54-36(6,7)8)18-26(42)53-35(3,4)5)33(44)50-23-13-14-38(46)25-17-21-11-12-22(47-10)28-27(21)37(38,31(23)52-28)15-16-39(25)9/h11-13,24-25,29-31,46H,14-18H2,1-10H3/t24?,25-,29-,30-,31+,37+,38-/m1/s1. The van der Waals surface area contributed by atoms with Crippen molar-refractivity contribution in [1.82, 2.24) is 4.90 Å². The van der Waals surface area contributed by atoms with Crippen molar-refractivity contribution in [2.45, 2.75) is 134 Å². The van der Waals surface area contributed by atoms with Gasteiger partial charge in [-0.25, -0.2) is 14.4 Å². The molecular formula is C38H49NO15. The lowest BCUT2D eigenvalue weighted by molar-refractivity contribution is -0.198. The van der Waals surface area contributed by atoms with Crippen LogP contribution in [0, 0.1) is 0 Å². The van der Waals surface area contributed by atoms with E-state index in [2.05, 4.69) is 4.90 Å². The van der Waals surface area contributed by atoms with Crippen molar-refractivity contribution in [1.29, 1.82) is 0 Å². The molecule has 2 heterocycles. The van der Waals surface area contributed by atoms with E-state index >= 15 is 0 Å². The number of carbonyl (C=O) groups is 6.